The maximum absolute atomic E-state index is 9.91. The van der Waals surface area contributed by atoms with Gasteiger partial charge < -0.3 is 9.67 Å². The van der Waals surface area contributed by atoms with Crippen LogP contribution in [0.1, 0.15) is 24.4 Å². The standard InChI is InChI=1S/C18H18N2O/c1-14(21)18-19-16-11-5-6-12-17(16)20(18)13-7-10-15-8-3-2-4-9-15/h2-12,14,21H,13H2,1H3/b10-7+/t14-/m1/s1. The summed E-state index contributed by atoms with van der Waals surface area (Å²) in [6.07, 6.45) is 3.60. The average Bonchev–Trinajstić information content (AvgIpc) is 2.88. The van der Waals surface area contributed by atoms with Crippen LogP contribution in [0.5, 0.6) is 0 Å². The molecule has 0 saturated carbocycles. The first-order valence-corrected chi connectivity index (χ1v) is 7.10. The monoisotopic (exact) mass is 278 g/mol. The molecule has 0 aliphatic carbocycles. The molecule has 0 fully saturated rings. The van der Waals surface area contributed by atoms with E-state index in [-0.39, 0.29) is 0 Å². The Morgan fingerprint density at radius 3 is 2.57 bits per heavy atom. The van der Waals surface area contributed by atoms with Crippen LogP contribution in [0.4, 0.5) is 0 Å². The van der Waals surface area contributed by atoms with E-state index in [2.05, 4.69) is 33.8 Å². The van der Waals surface area contributed by atoms with E-state index in [1.807, 2.05) is 42.5 Å². The van der Waals surface area contributed by atoms with Gasteiger partial charge >= 0.3 is 0 Å². The van der Waals surface area contributed by atoms with Crippen LogP contribution >= 0.6 is 0 Å². The summed E-state index contributed by atoms with van der Waals surface area (Å²) < 4.78 is 2.06. The molecule has 3 rings (SSSR count). The fraction of sp³-hybridized carbons (Fsp3) is 0.167. The molecular formula is C18H18N2O. The molecule has 1 N–H and O–H groups in total. The van der Waals surface area contributed by atoms with Crippen molar-refractivity contribution in [3.05, 3.63) is 72.1 Å². The Balaban J connectivity index is 1.92. The normalized spacial score (nSPS) is 13.0. The molecule has 0 saturated heterocycles. The third-order valence-corrected chi connectivity index (χ3v) is 3.46. The van der Waals surface area contributed by atoms with Crippen molar-refractivity contribution in [3.63, 3.8) is 0 Å². The Morgan fingerprint density at radius 2 is 1.81 bits per heavy atom. The first-order valence-electron chi connectivity index (χ1n) is 7.10. The Labute approximate surface area is 124 Å². The number of fused-ring (bicyclic) bond motifs is 1. The summed E-state index contributed by atoms with van der Waals surface area (Å²) in [5, 5.41) is 9.91. The van der Waals surface area contributed by atoms with Crippen LogP contribution in [0, 0.1) is 0 Å². The molecule has 1 atom stereocenters. The highest BCUT2D eigenvalue weighted by atomic mass is 16.3. The average molecular weight is 278 g/mol. The zero-order valence-corrected chi connectivity index (χ0v) is 12.0. The van der Waals surface area contributed by atoms with Crippen molar-refractivity contribution >= 4 is 17.1 Å². The van der Waals surface area contributed by atoms with Gasteiger partial charge in [-0.05, 0) is 24.6 Å². The lowest BCUT2D eigenvalue weighted by molar-refractivity contribution is 0.185. The van der Waals surface area contributed by atoms with Crippen LogP contribution in [0.2, 0.25) is 0 Å². The number of para-hydroxylation sites is 2. The summed E-state index contributed by atoms with van der Waals surface area (Å²) >= 11 is 0. The minimum absolute atomic E-state index is 0.581. The molecule has 3 aromatic rings. The van der Waals surface area contributed by atoms with Crippen molar-refractivity contribution < 1.29 is 5.11 Å². The molecule has 21 heavy (non-hydrogen) atoms. The molecule has 1 aromatic heterocycles. The summed E-state index contributed by atoms with van der Waals surface area (Å²) in [6, 6.07) is 18.1. The highest BCUT2D eigenvalue weighted by Gasteiger charge is 2.13. The Kier molecular flexibility index (Phi) is 3.84. The zero-order chi connectivity index (χ0) is 14.7. The smallest absolute Gasteiger partial charge is 0.138 e. The number of aromatic nitrogens is 2. The quantitative estimate of drug-likeness (QED) is 0.788. The van der Waals surface area contributed by atoms with Crippen molar-refractivity contribution in [2.24, 2.45) is 0 Å². The van der Waals surface area contributed by atoms with E-state index in [0.29, 0.717) is 12.4 Å². The molecule has 0 amide bonds. The summed E-state index contributed by atoms with van der Waals surface area (Å²) in [7, 11) is 0. The van der Waals surface area contributed by atoms with E-state index in [0.717, 1.165) is 11.0 Å². The zero-order valence-electron chi connectivity index (χ0n) is 12.0. The van der Waals surface area contributed by atoms with Crippen LogP contribution in [-0.2, 0) is 6.54 Å². The summed E-state index contributed by atoms with van der Waals surface area (Å²) in [5.74, 6) is 0.703. The van der Waals surface area contributed by atoms with E-state index < -0.39 is 6.10 Å². The molecule has 3 nitrogen and oxygen atoms in total. The molecular weight excluding hydrogens is 260 g/mol. The van der Waals surface area contributed by atoms with E-state index in [1.165, 1.54) is 5.56 Å². The van der Waals surface area contributed by atoms with Gasteiger partial charge in [0.2, 0.25) is 0 Å². The first kappa shape index (κ1) is 13.6. The predicted octanol–water partition coefficient (Wildman–Crippen LogP) is 3.80. The maximum Gasteiger partial charge on any atom is 0.138 e. The number of imidazole rings is 1. The summed E-state index contributed by atoms with van der Waals surface area (Å²) in [4.78, 5) is 4.52. The molecule has 2 aromatic carbocycles. The van der Waals surface area contributed by atoms with Gasteiger partial charge in [0.1, 0.15) is 11.9 Å². The second-order valence-corrected chi connectivity index (χ2v) is 5.06. The number of allylic oxidation sites excluding steroid dienone is 1. The number of aliphatic hydroxyl groups is 1. The van der Waals surface area contributed by atoms with Gasteiger partial charge in [-0.2, -0.15) is 0 Å². The number of hydrogen-bond acceptors (Lipinski definition) is 2. The molecule has 0 unspecified atom stereocenters. The largest absolute Gasteiger partial charge is 0.385 e. The molecule has 0 radical (unpaired) electrons. The van der Waals surface area contributed by atoms with Gasteiger partial charge in [-0.3, -0.25) is 0 Å². The van der Waals surface area contributed by atoms with Crippen molar-refractivity contribution in [3.8, 4) is 0 Å². The topological polar surface area (TPSA) is 38.1 Å². The first-order chi connectivity index (χ1) is 10.3. The van der Waals surface area contributed by atoms with Gasteiger partial charge in [0, 0.05) is 6.54 Å². The van der Waals surface area contributed by atoms with E-state index in [9.17, 15) is 5.11 Å². The highest BCUT2D eigenvalue weighted by Crippen LogP contribution is 2.20. The highest BCUT2D eigenvalue weighted by molar-refractivity contribution is 5.76. The van der Waals surface area contributed by atoms with Gasteiger partial charge in [-0.1, -0.05) is 54.6 Å². The molecule has 0 spiro atoms. The molecule has 0 aliphatic heterocycles. The van der Waals surface area contributed by atoms with Gasteiger partial charge in [0.05, 0.1) is 11.0 Å². The van der Waals surface area contributed by atoms with Crippen molar-refractivity contribution in [1.82, 2.24) is 9.55 Å². The number of hydrogen-bond donors (Lipinski definition) is 1. The molecule has 106 valence electrons. The van der Waals surface area contributed by atoms with Crippen molar-refractivity contribution in [1.29, 1.82) is 0 Å². The fourth-order valence-electron chi connectivity index (χ4n) is 2.46. The van der Waals surface area contributed by atoms with Crippen LogP contribution < -0.4 is 0 Å². The third kappa shape index (κ3) is 2.88. The van der Waals surface area contributed by atoms with Crippen molar-refractivity contribution in [2.45, 2.75) is 19.6 Å². The van der Waals surface area contributed by atoms with E-state index in [4.69, 9.17) is 0 Å². The van der Waals surface area contributed by atoms with Crippen molar-refractivity contribution in [2.75, 3.05) is 0 Å². The lowest BCUT2D eigenvalue weighted by Gasteiger charge is -2.08. The van der Waals surface area contributed by atoms with E-state index >= 15 is 0 Å². The Morgan fingerprint density at radius 1 is 1.10 bits per heavy atom. The summed E-state index contributed by atoms with van der Waals surface area (Å²) in [5.41, 5.74) is 3.13. The predicted molar refractivity (Wildman–Crippen MR) is 85.8 cm³/mol. The Bertz CT molecular complexity index is 757. The Hall–Kier alpha value is -2.39. The molecule has 0 aliphatic rings. The summed E-state index contributed by atoms with van der Waals surface area (Å²) in [6.45, 7) is 2.44. The molecule has 1 heterocycles. The van der Waals surface area contributed by atoms with Crippen LogP contribution in [-0.4, -0.2) is 14.7 Å². The van der Waals surface area contributed by atoms with Gasteiger partial charge in [0.25, 0.3) is 0 Å². The van der Waals surface area contributed by atoms with Crippen LogP contribution in [0.3, 0.4) is 0 Å². The molecule has 3 heteroatoms. The number of benzene rings is 2. The second-order valence-electron chi connectivity index (χ2n) is 5.06. The fourth-order valence-corrected chi connectivity index (χ4v) is 2.46. The van der Waals surface area contributed by atoms with Crippen LogP contribution in [0.15, 0.2) is 60.7 Å². The molecule has 0 bridgehead atoms. The third-order valence-electron chi connectivity index (χ3n) is 3.46. The second kappa shape index (κ2) is 5.94. The SMILES string of the molecule is C[C@@H](O)c1nc2ccccc2n1C/C=C/c1ccccc1. The van der Waals surface area contributed by atoms with Gasteiger partial charge in [0.15, 0.2) is 0 Å². The number of rotatable bonds is 4. The number of nitrogens with zero attached hydrogens (tertiary/aromatic N) is 2. The maximum atomic E-state index is 9.91. The minimum Gasteiger partial charge on any atom is -0.385 e. The van der Waals surface area contributed by atoms with Crippen LogP contribution in [0.25, 0.3) is 17.1 Å². The van der Waals surface area contributed by atoms with E-state index in [1.54, 1.807) is 6.92 Å². The number of aliphatic hydroxyl groups excluding tert-OH is 1. The van der Waals surface area contributed by atoms with Gasteiger partial charge in [-0.15, -0.1) is 0 Å². The van der Waals surface area contributed by atoms with Gasteiger partial charge in [-0.25, -0.2) is 4.98 Å². The lowest BCUT2D eigenvalue weighted by Crippen LogP contribution is -2.05. The minimum atomic E-state index is -0.581. The lowest BCUT2D eigenvalue weighted by atomic mass is 10.2.